The minimum atomic E-state index is -0.199. The molecular formula is C19H27N3O4. The van der Waals surface area contributed by atoms with Gasteiger partial charge in [0.2, 0.25) is 5.91 Å². The van der Waals surface area contributed by atoms with Crippen LogP contribution in [-0.2, 0) is 33.7 Å². The standard InChI is InChI=1S/C19H27N3O4/c1-26-19(25)11-14-7-9-21(10-8-14)18(24)13-22-17(23)12-15-5-3-2-4-6-16(15)20-22/h12,14H,2-11,13H2,1H3. The summed E-state index contributed by atoms with van der Waals surface area (Å²) in [6.07, 6.45) is 7.09. The predicted octanol–water partition coefficient (Wildman–Crippen LogP) is 1.31. The van der Waals surface area contributed by atoms with Crippen LogP contribution >= 0.6 is 0 Å². The van der Waals surface area contributed by atoms with Gasteiger partial charge in [-0.1, -0.05) is 6.42 Å². The Labute approximate surface area is 153 Å². The van der Waals surface area contributed by atoms with Crippen LogP contribution in [0.3, 0.4) is 0 Å². The number of rotatable bonds is 4. The van der Waals surface area contributed by atoms with E-state index in [-0.39, 0.29) is 29.9 Å². The van der Waals surface area contributed by atoms with E-state index < -0.39 is 0 Å². The van der Waals surface area contributed by atoms with Gasteiger partial charge in [-0.3, -0.25) is 14.4 Å². The Bertz CT molecular complexity index is 720. The molecule has 0 radical (unpaired) electrons. The van der Waals surface area contributed by atoms with Crippen LogP contribution in [0.25, 0.3) is 0 Å². The number of carbonyl (C=O) groups excluding carboxylic acids is 2. The summed E-state index contributed by atoms with van der Waals surface area (Å²) in [6, 6.07) is 1.66. The van der Waals surface area contributed by atoms with E-state index >= 15 is 0 Å². The quantitative estimate of drug-likeness (QED) is 0.597. The van der Waals surface area contributed by atoms with Crippen molar-refractivity contribution in [3.05, 3.63) is 27.7 Å². The van der Waals surface area contributed by atoms with E-state index in [2.05, 4.69) is 5.10 Å². The number of carbonyl (C=O) groups is 2. The fourth-order valence-corrected chi connectivity index (χ4v) is 3.82. The van der Waals surface area contributed by atoms with Crippen LogP contribution < -0.4 is 5.56 Å². The van der Waals surface area contributed by atoms with Crippen molar-refractivity contribution in [3.8, 4) is 0 Å². The summed E-state index contributed by atoms with van der Waals surface area (Å²) in [6.45, 7) is 1.22. The summed E-state index contributed by atoms with van der Waals surface area (Å²) in [4.78, 5) is 38.0. The third-order valence-corrected chi connectivity index (χ3v) is 5.46. The number of fused-ring (bicyclic) bond motifs is 1. The molecule has 7 nitrogen and oxygen atoms in total. The Kier molecular flexibility index (Phi) is 6.06. The van der Waals surface area contributed by atoms with E-state index in [9.17, 15) is 14.4 Å². The average molecular weight is 361 g/mol. The van der Waals surface area contributed by atoms with E-state index in [0.29, 0.717) is 19.5 Å². The van der Waals surface area contributed by atoms with Crippen LogP contribution in [0.2, 0.25) is 0 Å². The number of hydrogen-bond donors (Lipinski definition) is 0. The molecule has 2 aliphatic rings. The summed E-state index contributed by atoms with van der Waals surface area (Å²) < 4.78 is 6.02. The van der Waals surface area contributed by atoms with Gasteiger partial charge in [0.25, 0.3) is 5.56 Å². The third-order valence-electron chi connectivity index (χ3n) is 5.46. The molecule has 1 fully saturated rings. The van der Waals surface area contributed by atoms with Crippen molar-refractivity contribution in [3.63, 3.8) is 0 Å². The molecule has 0 saturated carbocycles. The maximum absolute atomic E-state index is 12.6. The highest BCUT2D eigenvalue weighted by atomic mass is 16.5. The highest BCUT2D eigenvalue weighted by Crippen LogP contribution is 2.21. The summed E-state index contributed by atoms with van der Waals surface area (Å²) in [5.74, 6) is -0.0139. The normalized spacial score (nSPS) is 18.1. The average Bonchev–Trinajstić information content (AvgIpc) is 2.87. The smallest absolute Gasteiger partial charge is 0.305 e. The Balaban J connectivity index is 1.59. The largest absolute Gasteiger partial charge is 0.469 e. The lowest BCUT2D eigenvalue weighted by Gasteiger charge is -2.31. The Morgan fingerprint density at radius 1 is 1.19 bits per heavy atom. The number of nitrogens with zero attached hydrogens (tertiary/aromatic N) is 3. The molecule has 7 heteroatoms. The molecule has 0 bridgehead atoms. The van der Waals surface area contributed by atoms with Gasteiger partial charge < -0.3 is 9.64 Å². The van der Waals surface area contributed by atoms with Crippen molar-refractivity contribution in [2.24, 2.45) is 5.92 Å². The number of aryl methyl sites for hydroxylation is 2. The summed E-state index contributed by atoms with van der Waals surface area (Å²) in [5.41, 5.74) is 1.81. The van der Waals surface area contributed by atoms with E-state index in [1.807, 2.05) is 0 Å². The van der Waals surface area contributed by atoms with Gasteiger partial charge in [-0.25, -0.2) is 4.68 Å². The minimum Gasteiger partial charge on any atom is -0.469 e. The summed E-state index contributed by atoms with van der Waals surface area (Å²) in [7, 11) is 1.40. The zero-order chi connectivity index (χ0) is 18.5. The molecule has 1 aliphatic heterocycles. The first kappa shape index (κ1) is 18.6. The number of amides is 1. The Hall–Kier alpha value is -2.18. The SMILES string of the molecule is COC(=O)CC1CCN(C(=O)Cn2nc3c(cc2=O)CCCCC3)CC1. The third kappa shape index (κ3) is 4.51. The molecular weight excluding hydrogens is 334 g/mol. The number of ether oxygens (including phenoxy) is 1. The van der Waals surface area contributed by atoms with E-state index in [0.717, 1.165) is 56.2 Å². The molecule has 1 aromatic rings. The van der Waals surface area contributed by atoms with Gasteiger partial charge in [0, 0.05) is 25.6 Å². The van der Waals surface area contributed by atoms with E-state index in [1.54, 1.807) is 11.0 Å². The zero-order valence-electron chi connectivity index (χ0n) is 15.4. The molecule has 1 aromatic heterocycles. The molecule has 1 amide bonds. The van der Waals surface area contributed by atoms with Crippen LogP contribution in [0.5, 0.6) is 0 Å². The van der Waals surface area contributed by atoms with Gasteiger partial charge in [-0.05, 0) is 50.0 Å². The first-order valence-corrected chi connectivity index (χ1v) is 9.51. The van der Waals surface area contributed by atoms with Crippen molar-refractivity contribution in [1.29, 1.82) is 0 Å². The molecule has 0 N–H and O–H groups in total. The van der Waals surface area contributed by atoms with Crippen LogP contribution in [0.1, 0.15) is 49.8 Å². The van der Waals surface area contributed by atoms with Gasteiger partial charge in [-0.2, -0.15) is 5.10 Å². The van der Waals surface area contributed by atoms with Crippen molar-refractivity contribution >= 4 is 11.9 Å². The number of aromatic nitrogens is 2. The number of likely N-dealkylation sites (tertiary alicyclic amines) is 1. The molecule has 26 heavy (non-hydrogen) atoms. The van der Waals surface area contributed by atoms with Crippen molar-refractivity contribution in [1.82, 2.24) is 14.7 Å². The Morgan fingerprint density at radius 2 is 1.92 bits per heavy atom. The zero-order valence-corrected chi connectivity index (χ0v) is 15.4. The lowest BCUT2D eigenvalue weighted by Crippen LogP contribution is -2.42. The van der Waals surface area contributed by atoms with E-state index in [1.165, 1.54) is 11.8 Å². The monoisotopic (exact) mass is 361 g/mol. The molecule has 0 unspecified atom stereocenters. The fourth-order valence-electron chi connectivity index (χ4n) is 3.82. The van der Waals surface area contributed by atoms with Crippen molar-refractivity contribution in [2.75, 3.05) is 20.2 Å². The number of methoxy groups -OCH3 is 1. The lowest BCUT2D eigenvalue weighted by atomic mass is 9.93. The molecule has 0 spiro atoms. The molecule has 142 valence electrons. The molecule has 0 atom stereocenters. The number of hydrogen-bond acceptors (Lipinski definition) is 5. The number of piperidine rings is 1. The van der Waals surface area contributed by atoms with Crippen LogP contribution in [0.4, 0.5) is 0 Å². The predicted molar refractivity (Wildman–Crippen MR) is 95.7 cm³/mol. The van der Waals surface area contributed by atoms with Crippen LogP contribution in [-0.4, -0.2) is 46.8 Å². The van der Waals surface area contributed by atoms with Gasteiger partial charge in [0.15, 0.2) is 0 Å². The molecule has 1 saturated heterocycles. The molecule has 0 aromatic carbocycles. The minimum absolute atomic E-state index is 0.00617. The van der Waals surface area contributed by atoms with Gasteiger partial charge in [-0.15, -0.1) is 0 Å². The molecule has 1 aliphatic carbocycles. The topological polar surface area (TPSA) is 81.5 Å². The van der Waals surface area contributed by atoms with Crippen LogP contribution in [0.15, 0.2) is 10.9 Å². The maximum Gasteiger partial charge on any atom is 0.305 e. The summed E-state index contributed by atoms with van der Waals surface area (Å²) >= 11 is 0. The lowest BCUT2D eigenvalue weighted by molar-refractivity contribution is -0.142. The van der Waals surface area contributed by atoms with Gasteiger partial charge in [0.05, 0.1) is 12.8 Å². The number of esters is 1. The second-order valence-electron chi connectivity index (χ2n) is 7.28. The highest BCUT2D eigenvalue weighted by Gasteiger charge is 2.25. The first-order valence-electron chi connectivity index (χ1n) is 9.51. The second-order valence-corrected chi connectivity index (χ2v) is 7.28. The molecule has 2 heterocycles. The van der Waals surface area contributed by atoms with Gasteiger partial charge in [0.1, 0.15) is 6.54 Å². The summed E-state index contributed by atoms with van der Waals surface area (Å²) in [5, 5.41) is 4.47. The van der Waals surface area contributed by atoms with Gasteiger partial charge >= 0.3 is 5.97 Å². The molecule has 3 rings (SSSR count). The first-order chi connectivity index (χ1) is 12.6. The van der Waals surface area contributed by atoms with E-state index in [4.69, 9.17) is 4.74 Å². The second kappa shape index (κ2) is 8.47. The fraction of sp³-hybridized carbons (Fsp3) is 0.684. The maximum atomic E-state index is 12.6. The van der Waals surface area contributed by atoms with Crippen molar-refractivity contribution < 1.29 is 14.3 Å². The highest BCUT2D eigenvalue weighted by molar-refractivity contribution is 5.76. The Morgan fingerprint density at radius 3 is 2.65 bits per heavy atom. The van der Waals surface area contributed by atoms with Crippen molar-refractivity contribution in [2.45, 2.75) is 57.9 Å². The van der Waals surface area contributed by atoms with Crippen LogP contribution in [0, 0.1) is 5.92 Å².